The van der Waals surface area contributed by atoms with Gasteiger partial charge >= 0.3 is 0 Å². The molecular weight excluding hydrogens is 250 g/mol. The summed E-state index contributed by atoms with van der Waals surface area (Å²) in [7, 11) is 0. The number of para-hydroxylation sites is 1. The molecule has 18 heavy (non-hydrogen) atoms. The van der Waals surface area contributed by atoms with E-state index in [2.05, 4.69) is 15.7 Å². The molecule has 1 aliphatic heterocycles. The SMILES string of the molecule is N#Cc1snnc1-c1ccccc1OCC1CO1. The Kier molecular flexibility index (Phi) is 2.92. The summed E-state index contributed by atoms with van der Waals surface area (Å²) in [6.07, 6.45) is 0.196. The molecule has 5 nitrogen and oxygen atoms in total. The largest absolute Gasteiger partial charge is 0.490 e. The Hall–Kier alpha value is -1.97. The highest BCUT2D eigenvalue weighted by atomic mass is 32.1. The van der Waals surface area contributed by atoms with Gasteiger partial charge in [0, 0.05) is 5.56 Å². The van der Waals surface area contributed by atoms with Crippen molar-refractivity contribution in [2.75, 3.05) is 13.2 Å². The molecule has 1 saturated heterocycles. The molecule has 0 amide bonds. The van der Waals surface area contributed by atoms with Gasteiger partial charge in [-0.3, -0.25) is 0 Å². The maximum Gasteiger partial charge on any atom is 0.153 e. The van der Waals surface area contributed by atoms with E-state index >= 15 is 0 Å². The molecule has 3 rings (SSSR count). The molecule has 0 N–H and O–H groups in total. The maximum atomic E-state index is 9.01. The van der Waals surface area contributed by atoms with Crippen LogP contribution in [0.15, 0.2) is 24.3 Å². The first-order valence-corrected chi connectivity index (χ1v) is 6.22. The number of aromatic nitrogens is 2. The minimum absolute atomic E-state index is 0.196. The van der Waals surface area contributed by atoms with E-state index < -0.39 is 0 Å². The zero-order chi connectivity index (χ0) is 12.4. The molecule has 1 fully saturated rings. The van der Waals surface area contributed by atoms with Gasteiger partial charge in [0.2, 0.25) is 0 Å². The van der Waals surface area contributed by atoms with E-state index in [-0.39, 0.29) is 6.10 Å². The lowest BCUT2D eigenvalue weighted by Crippen LogP contribution is -2.05. The van der Waals surface area contributed by atoms with Crippen molar-refractivity contribution in [1.29, 1.82) is 5.26 Å². The first kappa shape index (κ1) is 11.1. The number of benzene rings is 1. The summed E-state index contributed by atoms with van der Waals surface area (Å²) < 4.78 is 14.6. The minimum atomic E-state index is 0.196. The van der Waals surface area contributed by atoms with Crippen LogP contribution in [0, 0.1) is 11.3 Å². The van der Waals surface area contributed by atoms with Gasteiger partial charge in [0.1, 0.15) is 30.2 Å². The van der Waals surface area contributed by atoms with Gasteiger partial charge in [-0.1, -0.05) is 16.6 Å². The van der Waals surface area contributed by atoms with E-state index in [0.717, 1.165) is 23.7 Å². The van der Waals surface area contributed by atoms with Gasteiger partial charge in [0.05, 0.1) is 6.61 Å². The van der Waals surface area contributed by atoms with Crippen LogP contribution in [0.5, 0.6) is 5.75 Å². The average Bonchev–Trinajstić information content (AvgIpc) is 3.12. The summed E-state index contributed by atoms with van der Waals surface area (Å²) in [6, 6.07) is 9.60. The lowest BCUT2D eigenvalue weighted by molar-refractivity contribution is 0.264. The second-order valence-corrected chi connectivity index (χ2v) is 4.58. The molecule has 6 heteroatoms. The van der Waals surface area contributed by atoms with Gasteiger partial charge in [-0.25, -0.2) is 0 Å². The zero-order valence-electron chi connectivity index (χ0n) is 9.37. The predicted molar refractivity (Wildman–Crippen MR) is 65.3 cm³/mol. The molecule has 1 aliphatic rings. The number of hydrogen-bond acceptors (Lipinski definition) is 6. The summed E-state index contributed by atoms with van der Waals surface area (Å²) in [6.45, 7) is 1.28. The molecule has 2 heterocycles. The van der Waals surface area contributed by atoms with E-state index in [4.69, 9.17) is 14.7 Å². The van der Waals surface area contributed by atoms with Gasteiger partial charge in [-0.2, -0.15) is 5.26 Å². The summed E-state index contributed by atoms with van der Waals surface area (Å²) in [5.41, 5.74) is 1.37. The molecule has 0 radical (unpaired) electrons. The third-order valence-electron chi connectivity index (χ3n) is 2.56. The third-order valence-corrected chi connectivity index (χ3v) is 3.19. The molecule has 0 saturated carbocycles. The standard InChI is InChI=1S/C12H9N3O2S/c13-5-11-12(14-15-18-11)9-3-1-2-4-10(9)17-7-8-6-16-8/h1-4,8H,6-7H2. The fourth-order valence-electron chi connectivity index (χ4n) is 1.58. The van der Waals surface area contributed by atoms with Gasteiger partial charge in [0.15, 0.2) is 4.88 Å². The van der Waals surface area contributed by atoms with E-state index in [0.29, 0.717) is 22.9 Å². The first-order chi connectivity index (χ1) is 8.88. The van der Waals surface area contributed by atoms with Crippen LogP contribution in [0.2, 0.25) is 0 Å². The van der Waals surface area contributed by atoms with Crippen molar-refractivity contribution in [1.82, 2.24) is 9.59 Å². The van der Waals surface area contributed by atoms with Crippen molar-refractivity contribution >= 4 is 11.5 Å². The second kappa shape index (κ2) is 4.72. The van der Waals surface area contributed by atoms with Crippen LogP contribution in [0.3, 0.4) is 0 Å². The molecule has 0 aliphatic carbocycles. The van der Waals surface area contributed by atoms with Gasteiger partial charge in [0.25, 0.3) is 0 Å². The van der Waals surface area contributed by atoms with Crippen LogP contribution in [0.25, 0.3) is 11.3 Å². The Balaban J connectivity index is 1.92. The van der Waals surface area contributed by atoms with Crippen molar-refractivity contribution in [2.24, 2.45) is 0 Å². The number of ether oxygens (including phenoxy) is 2. The number of epoxide rings is 1. The maximum absolute atomic E-state index is 9.01. The van der Waals surface area contributed by atoms with Crippen LogP contribution in [-0.2, 0) is 4.74 Å². The predicted octanol–water partition coefficient (Wildman–Crippen LogP) is 1.85. The summed E-state index contributed by atoms with van der Waals surface area (Å²) in [5.74, 6) is 0.706. The Morgan fingerprint density at radius 3 is 3.11 bits per heavy atom. The number of hydrogen-bond donors (Lipinski definition) is 0. The highest BCUT2D eigenvalue weighted by Crippen LogP contribution is 2.32. The van der Waals surface area contributed by atoms with Crippen molar-refractivity contribution in [3.8, 4) is 23.1 Å². The Labute approximate surface area is 108 Å². The molecule has 1 aromatic heterocycles. The van der Waals surface area contributed by atoms with Crippen LogP contribution in [0.1, 0.15) is 4.88 Å². The molecule has 0 spiro atoms. The number of nitrogens with zero attached hydrogens (tertiary/aromatic N) is 3. The van der Waals surface area contributed by atoms with E-state index in [1.54, 1.807) is 0 Å². The minimum Gasteiger partial charge on any atom is -0.490 e. The molecule has 1 atom stereocenters. The summed E-state index contributed by atoms with van der Waals surface area (Å²) in [4.78, 5) is 0.494. The van der Waals surface area contributed by atoms with Crippen molar-refractivity contribution < 1.29 is 9.47 Å². The molecule has 90 valence electrons. The molecular formula is C12H9N3O2S. The zero-order valence-corrected chi connectivity index (χ0v) is 10.2. The first-order valence-electron chi connectivity index (χ1n) is 5.44. The lowest BCUT2D eigenvalue weighted by atomic mass is 10.1. The van der Waals surface area contributed by atoms with Crippen molar-refractivity contribution in [3.63, 3.8) is 0 Å². The molecule has 1 unspecified atom stereocenters. The molecule has 0 bridgehead atoms. The van der Waals surface area contributed by atoms with Crippen molar-refractivity contribution in [3.05, 3.63) is 29.1 Å². The lowest BCUT2D eigenvalue weighted by Gasteiger charge is -2.08. The van der Waals surface area contributed by atoms with Crippen LogP contribution < -0.4 is 4.74 Å². The second-order valence-electron chi connectivity index (χ2n) is 3.82. The summed E-state index contributed by atoms with van der Waals surface area (Å²) in [5, 5.41) is 13.0. The Morgan fingerprint density at radius 1 is 1.50 bits per heavy atom. The highest BCUT2D eigenvalue weighted by Gasteiger charge is 2.24. The topological polar surface area (TPSA) is 71.3 Å². The third kappa shape index (κ3) is 2.18. The molecule has 2 aromatic rings. The van der Waals surface area contributed by atoms with Crippen LogP contribution in [0.4, 0.5) is 0 Å². The van der Waals surface area contributed by atoms with E-state index in [9.17, 15) is 0 Å². The van der Waals surface area contributed by atoms with E-state index in [1.807, 2.05) is 24.3 Å². The Bertz CT molecular complexity index is 601. The van der Waals surface area contributed by atoms with Crippen LogP contribution >= 0.6 is 11.5 Å². The number of rotatable bonds is 4. The van der Waals surface area contributed by atoms with Gasteiger partial charge in [-0.05, 0) is 23.7 Å². The fourth-order valence-corrected chi connectivity index (χ4v) is 2.06. The van der Waals surface area contributed by atoms with E-state index in [1.165, 1.54) is 0 Å². The quantitative estimate of drug-likeness (QED) is 0.784. The monoisotopic (exact) mass is 259 g/mol. The molecule has 1 aromatic carbocycles. The fraction of sp³-hybridized carbons (Fsp3) is 0.250. The Morgan fingerprint density at radius 2 is 2.33 bits per heavy atom. The van der Waals surface area contributed by atoms with Crippen LogP contribution in [-0.4, -0.2) is 28.9 Å². The highest BCUT2D eigenvalue weighted by molar-refractivity contribution is 7.06. The summed E-state index contributed by atoms with van der Waals surface area (Å²) >= 11 is 1.09. The smallest absolute Gasteiger partial charge is 0.153 e. The van der Waals surface area contributed by atoms with Crippen molar-refractivity contribution in [2.45, 2.75) is 6.10 Å². The normalized spacial score (nSPS) is 17.2. The average molecular weight is 259 g/mol. The van der Waals surface area contributed by atoms with Gasteiger partial charge in [-0.15, -0.1) is 5.10 Å². The van der Waals surface area contributed by atoms with Gasteiger partial charge < -0.3 is 9.47 Å². The number of nitriles is 1.